The van der Waals surface area contributed by atoms with Gasteiger partial charge < -0.3 is 9.47 Å². The molecule has 0 spiro atoms. The van der Waals surface area contributed by atoms with Crippen molar-refractivity contribution in [3.05, 3.63) is 0 Å². The average molecular weight is 212 g/mol. The molecule has 2 rings (SSSR count). The van der Waals surface area contributed by atoms with Crippen LogP contribution in [-0.2, 0) is 14.3 Å². The van der Waals surface area contributed by atoms with Crippen molar-refractivity contribution in [2.75, 3.05) is 13.2 Å². The van der Waals surface area contributed by atoms with Gasteiger partial charge in [0.15, 0.2) is 5.78 Å². The molecule has 1 heterocycles. The molecule has 0 amide bonds. The first-order chi connectivity index (χ1) is 7.36. The Labute approximate surface area is 91.1 Å². The monoisotopic (exact) mass is 212 g/mol. The summed E-state index contributed by atoms with van der Waals surface area (Å²) in [5.74, 6) is 0.916. The van der Waals surface area contributed by atoms with Gasteiger partial charge in [-0.3, -0.25) is 4.79 Å². The molecule has 1 saturated carbocycles. The van der Waals surface area contributed by atoms with Crippen LogP contribution in [0.1, 0.15) is 44.9 Å². The van der Waals surface area contributed by atoms with Crippen LogP contribution in [0.25, 0.3) is 0 Å². The van der Waals surface area contributed by atoms with Gasteiger partial charge >= 0.3 is 0 Å². The van der Waals surface area contributed by atoms with Crippen molar-refractivity contribution < 1.29 is 14.3 Å². The van der Waals surface area contributed by atoms with Crippen molar-refractivity contribution in [1.82, 2.24) is 0 Å². The summed E-state index contributed by atoms with van der Waals surface area (Å²) in [5.41, 5.74) is 0. The Balaban J connectivity index is 1.66. The Kier molecular flexibility index (Phi) is 4.15. The first-order valence-electron chi connectivity index (χ1n) is 6.12. The normalized spacial score (nSPS) is 24.5. The predicted molar refractivity (Wildman–Crippen MR) is 56.5 cm³/mol. The molecule has 0 aromatic rings. The maximum atomic E-state index is 11.7. The first-order valence-corrected chi connectivity index (χ1v) is 6.12. The molecule has 2 fully saturated rings. The summed E-state index contributed by atoms with van der Waals surface area (Å²) in [5, 5.41) is 0. The lowest BCUT2D eigenvalue weighted by Crippen LogP contribution is -2.32. The largest absolute Gasteiger partial charge is 0.346 e. The first kappa shape index (κ1) is 11.1. The Morgan fingerprint density at radius 3 is 2.40 bits per heavy atom. The minimum Gasteiger partial charge on any atom is -0.346 e. The molecule has 2 aliphatic rings. The summed E-state index contributed by atoms with van der Waals surface area (Å²) in [4.78, 5) is 11.7. The standard InChI is InChI=1S/C12H20O3/c13-11(12-14-8-3-9-15-12)7-6-10-4-1-2-5-10/h10,12H,1-9H2. The lowest BCUT2D eigenvalue weighted by molar-refractivity contribution is -0.188. The Hall–Kier alpha value is -0.410. The van der Waals surface area contributed by atoms with Gasteiger partial charge in [0.2, 0.25) is 6.29 Å². The summed E-state index contributed by atoms with van der Waals surface area (Å²) in [6.07, 6.45) is 7.31. The van der Waals surface area contributed by atoms with Gasteiger partial charge in [0, 0.05) is 6.42 Å². The lowest BCUT2D eigenvalue weighted by Gasteiger charge is -2.22. The maximum absolute atomic E-state index is 11.7. The maximum Gasteiger partial charge on any atom is 0.217 e. The van der Waals surface area contributed by atoms with Gasteiger partial charge in [-0.2, -0.15) is 0 Å². The van der Waals surface area contributed by atoms with Crippen molar-refractivity contribution in [3.63, 3.8) is 0 Å². The number of hydrogen-bond acceptors (Lipinski definition) is 3. The van der Waals surface area contributed by atoms with Crippen molar-refractivity contribution in [2.45, 2.75) is 51.2 Å². The quantitative estimate of drug-likeness (QED) is 0.717. The number of Topliss-reactive ketones (excluding diaryl/α,β-unsaturated/α-hetero) is 1. The second kappa shape index (κ2) is 5.61. The number of hydrogen-bond donors (Lipinski definition) is 0. The molecule has 0 bridgehead atoms. The summed E-state index contributed by atoms with van der Waals surface area (Å²) < 4.78 is 10.6. The van der Waals surface area contributed by atoms with Gasteiger partial charge in [-0.05, 0) is 18.8 Å². The van der Waals surface area contributed by atoms with E-state index < -0.39 is 6.29 Å². The second-order valence-electron chi connectivity index (χ2n) is 4.58. The van der Waals surface area contributed by atoms with E-state index in [1.54, 1.807) is 0 Å². The molecule has 0 atom stereocenters. The summed E-state index contributed by atoms with van der Waals surface area (Å²) >= 11 is 0. The van der Waals surface area contributed by atoms with Gasteiger partial charge in [0.05, 0.1) is 13.2 Å². The van der Waals surface area contributed by atoms with Gasteiger partial charge in [-0.15, -0.1) is 0 Å². The lowest BCUT2D eigenvalue weighted by atomic mass is 10.00. The SMILES string of the molecule is O=C(CCC1CCCC1)C1OCCCO1. The molecule has 0 aromatic carbocycles. The Bertz CT molecular complexity index is 203. The fourth-order valence-electron chi connectivity index (χ4n) is 2.44. The Morgan fingerprint density at radius 2 is 1.73 bits per heavy atom. The molecule has 0 N–H and O–H groups in total. The zero-order valence-electron chi connectivity index (χ0n) is 9.24. The van der Waals surface area contributed by atoms with Crippen molar-refractivity contribution in [1.29, 1.82) is 0 Å². The highest BCUT2D eigenvalue weighted by molar-refractivity contribution is 5.81. The molecule has 1 saturated heterocycles. The molecule has 0 aromatic heterocycles. The molecule has 15 heavy (non-hydrogen) atoms. The fourth-order valence-corrected chi connectivity index (χ4v) is 2.44. The van der Waals surface area contributed by atoms with Gasteiger partial charge in [0.25, 0.3) is 0 Å². The van der Waals surface area contributed by atoms with Crippen LogP contribution in [-0.4, -0.2) is 25.3 Å². The van der Waals surface area contributed by atoms with E-state index in [2.05, 4.69) is 0 Å². The van der Waals surface area contributed by atoms with Crippen molar-refractivity contribution in [3.8, 4) is 0 Å². The highest BCUT2D eigenvalue weighted by Gasteiger charge is 2.24. The Morgan fingerprint density at radius 1 is 1.07 bits per heavy atom. The molecular formula is C12H20O3. The number of ether oxygens (including phenoxy) is 2. The second-order valence-corrected chi connectivity index (χ2v) is 4.58. The topological polar surface area (TPSA) is 35.5 Å². The van der Waals surface area contributed by atoms with E-state index in [9.17, 15) is 4.79 Å². The van der Waals surface area contributed by atoms with Crippen molar-refractivity contribution in [2.24, 2.45) is 5.92 Å². The van der Waals surface area contributed by atoms with Gasteiger partial charge in [0.1, 0.15) is 0 Å². The fraction of sp³-hybridized carbons (Fsp3) is 0.917. The average Bonchev–Trinajstić information content (AvgIpc) is 2.80. The molecule has 3 nitrogen and oxygen atoms in total. The van der Waals surface area contributed by atoms with Crippen molar-refractivity contribution >= 4 is 5.78 Å². The molecule has 3 heteroatoms. The summed E-state index contributed by atoms with van der Waals surface area (Å²) in [7, 11) is 0. The van der Waals surface area contributed by atoms with Gasteiger partial charge in [-0.25, -0.2) is 0 Å². The number of carbonyl (C=O) groups excluding carboxylic acids is 1. The van der Waals surface area contributed by atoms with E-state index >= 15 is 0 Å². The molecule has 1 aliphatic carbocycles. The van der Waals surface area contributed by atoms with Crippen LogP contribution in [0.4, 0.5) is 0 Å². The highest BCUT2D eigenvalue weighted by atomic mass is 16.7. The van der Waals surface area contributed by atoms with E-state index in [-0.39, 0.29) is 5.78 Å². The van der Waals surface area contributed by atoms with E-state index in [1.165, 1.54) is 25.7 Å². The third-order valence-corrected chi connectivity index (χ3v) is 3.36. The number of carbonyl (C=O) groups is 1. The molecule has 86 valence electrons. The van der Waals surface area contributed by atoms with E-state index in [0.29, 0.717) is 19.6 Å². The summed E-state index contributed by atoms with van der Waals surface area (Å²) in [6.45, 7) is 1.33. The van der Waals surface area contributed by atoms with E-state index in [0.717, 1.165) is 18.8 Å². The van der Waals surface area contributed by atoms with Crippen LogP contribution < -0.4 is 0 Å². The number of ketones is 1. The molecule has 1 aliphatic heterocycles. The number of rotatable bonds is 4. The third-order valence-electron chi connectivity index (χ3n) is 3.36. The zero-order chi connectivity index (χ0) is 10.5. The third kappa shape index (κ3) is 3.28. The predicted octanol–water partition coefficient (Wildman–Crippen LogP) is 2.29. The van der Waals surface area contributed by atoms with Crippen LogP contribution in [0.3, 0.4) is 0 Å². The minimum atomic E-state index is -0.555. The van der Waals surface area contributed by atoms with Gasteiger partial charge in [-0.1, -0.05) is 25.7 Å². The van der Waals surface area contributed by atoms with Crippen LogP contribution in [0, 0.1) is 5.92 Å². The van der Waals surface area contributed by atoms with Crippen LogP contribution in [0.5, 0.6) is 0 Å². The van der Waals surface area contributed by atoms with E-state index in [4.69, 9.17) is 9.47 Å². The van der Waals surface area contributed by atoms with Crippen LogP contribution in [0.2, 0.25) is 0 Å². The van der Waals surface area contributed by atoms with Crippen LogP contribution in [0.15, 0.2) is 0 Å². The highest BCUT2D eigenvalue weighted by Crippen LogP contribution is 2.28. The molecule has 0 radical (unpaired) electrons. The molecular weight excluding hydrogens is 192 g/mol. The minimum absolute atomic E-state index is 0.140. The summed E-state index contributed by atoms with van der Waals surface area (Å²) in [6, 6.07) is 0. The smallest absolute Gasteiger partial charge is 0.217 e. The van der Waals surface area contributed by atoms with E-state index in [1.807, 2.05) is 0 Å². The zero-order valence-corrected chi connectivity index (χ0v) is 9.24. The van der Waals surface area contributed by atoms with Crippen LogP contribution >= 0.6 is 0 Å². The molecule has 0 unspecified atom stereocenters.